The van der Waals surface area contributed by atoms with Gasteiger partial charge in [0.15, 0.2) is 0 Å². The number of aromatic nitrogens is 1. The first-order valence-corrected chi connectivity index (χ1v) is 6.55. The number of aliphatic hydroxyl groups excluding tert-OH is 1. The fraction of sp³-hybridized carbons (Fsp3) is 0.444. The molecule has 0 amide bonds. The van der Waals surface area contributed by atoms with E-state index in [1.165, 1.54) is 22.8 Å². The van der Waals surface area contributed by atoms with Crippen molar-refractivity contribution in [1.29, 1.82) is 0 Å². The number of rotatable bonds is 5. The van der Waals surface area contributed by atoms with Crippen molar-refractivity contribution in [3.05, 3.63) is 23.5 Å². The Balaban J connectivity index is 3.09. The van der Waals surface area contributed by atoms with Crippen molar-refractivity contribution in [3.63, 3.8) is 0 Å². The highest BCUT2D eigenvalue weighted by Crippen LogP contribution is 2.17. The Kier molecular flexibility index (Phi) is 4.67. The van der Waals surface area contributed by atoms with Crippen molar-refractivity contribution in [1.82, 2.24) is 9.29 Å². The second-order valence-corrected chi connectivity index (χ2v) is 5.43. The summed E-state index contributed by atoms with van der Waals surface area (Å²) >= 11 is 5.68. The molecule has 0 saturated heterocycles. The molecule has 0 radical (unpaired) electrons. The van der Waals surface area contributed by atoms with Crippen LogP contribution in [0.15, 0.2) is 23.4 Å². The Morgan fingerprint density at radius 1 is 1.50 bits per heavy atom. The summed E-state index contributed by atoms with van der Waals surface area (Å²) in [5, 5.41) is 9.05. The third-order valence-electron chi connectivity index (χ3n) is 2.02. The Morgan fingerprint density at radius 3 is 2.69 bits per heavy atom. The van der Waals surface area contributed by atoms with Crippen LogP contribution in [0, 0.1) is 0 Å². The van der Waals surface area contributed by atoms with Gasteiger partial charge < -0.3 is 5.11 Å². The number of aliphatic hydroxyl groups is 1. The molecule has 0 aromatic carbocycles. The predicted octanol–water partition coefficient (Wildman–Crippen LogP) is 0.738. The molecule has 1 rings (SSSR count). The minimum atomic E-state index is -3.61. The molecule has 0 aliphatic carbocycles. The van der Waals surface area contributed by atoms with Crippen molar-refractivity contribution in [3.8, 4) is 0 Å². The molecular formula is C9H13ClN2O3S. The molecule has 16 heavy (non-hydrogen) atoms. The van der Waals surface area contributed by atoms with Crippen LogP contribution < -0.4 is 0 Å². The largest absolute Gasteiger partial charge is 0.395 e. The molecule has 0 aliphatic heterocycles. The van der Waals surface area contributed by atoms with Gasteiger partial charge in [0.25, 0.3) is 0 Å². The summed E-state index contributed by atoms with van der Waals surface area (Å²) in [7, 11) is -3.61. The molecule has 1 aromatic rings. The smallest absolute Gasteiger partial charge is 0.244 e. The lowest BCUT2D eigenvalue weighted by molar-refractivity contribution is 0.257. The normalized spacial score (nSPS) is 12.0. The van der Waals surface area contributed by atoms with Crippen LogP contribution in [0.2, 0.25) is 5.02 Å². The molecule has 0 fully saturated rings. The molecule has 0 aliphatic rings. The quantitative estimate of drug-likeness (QED) is 0.852. The molecule has 0 saturated carbocycles. The van der Waals surface area contributed by atoms with Crippen LogP contribution in [0.3, 0.4) is 0 Å². The van der Waals surface area contributed by atoms with Gasteiger partial charge in [0.05, 0.1) is 11.6 Å². The van der Waals surface area contributed by atoms with E-state index in [0.29, 0.717) is 0 Å². The van der Waals surface area contributed by atoms with E-state index in [1.807, 2.05) is 0 Å². The molecule has 1 heterocycles. The van der Waals surface area contributed by atoms with Gasteiger partial charge in [-0.1, -0.05) is 18.5 Å². The highest BCUT2D eigenvalue weighted by molar-refractivity contribution is 7.89. The number of hydrogen-bond donors (Lipinski definition) is 1. The van der Waals surface area contributed by atoms with Gasteiger partial charge in [-0.25, -0.2) is 8.42 Å². The van der Waals surface area contributed by atoms with Gasteiger partial charge in [-0.15, -0.1) is 0 Å². The number of pyridine rings is 1. The maximum atomic E-state index is 12.0. The monoisotopic (exact) mass is 264 g/mol. The average Bonchev–Trinajstić information content (AvgIpc) is 2.25. The van der Waals surface area contributed by atoms with E-state index in [4.69, 9.17) is 16.7 Å². The Labute approximate surface area is 99.7 Å². The van der Waals surface area contributed by atoms with Crippen molar-refractivity contribution < 1.29 is 13.5 Å². The fourth-order valence-electron chi connectivity index (χ4n) is 1.24. The first-order valence-electron chi connectivity index (χ1n) is 4.74. The lowest BCUT2D eigenvalue weighted by Crippen LogP contribution is -2.33. The summed E-state index contributed by atoms with van der Waals surface area (Å²) in [5.41, 5.74) is 0. The van der Waals surface area contributed by atoms with Crippen molar-refractivity contribution in [2.45, 2.75) is 11.8 Å². The average molecular weight is 265 g/mol. The van der Waals surface area contributed by atoms with Crippen LogP contribution in [0.4, 0.5) is 0 Å². The van der Waals surface area contributed by atoms with Crippen LogP contribution in [0.25, 0.3) is 0 Å². The minimum Gasteiger partial charge on any atom is -0.395 e. The first-order chi connectivity index (χ1) is 7.52. The van der Waals surface area contributed by atoms with E-state index in [9.17, 15) is 8.42 Å². The summed E-state index contributed by atoms with van der Waals surface area (Å²) in [5.74, 6) is 0. The second-order valence-electron chi connectivity index (χ2n) is 3.06. The van der Waals surface area contributed by atoms with Crippen molar-refractivity contribution in [2.24, 2.45) is 0 Å². The zero-order chi connectivity index (χ0) is 12.2. The molecule has 1 aromatic heterocycles. The Hall–Kier alpha value is -0.690. The minimum absolute atomic E-state index is 0.0373. The molecule has 0 unspecified atom stereocenters. The van der Waals surface area contributed by atoms with Crippen LogP contribution in [0.5, 0.6) is 0 Å². The number of hydrogen-bond acceptors (Lipinski definition) is 4. The summed E-state index contributed by atoms with van der Waals surface area (Å²) in [4.78, 5) is 3.76. The third-order valence-corrected chi connectivity index (χ3v) is 4.17. The van der Waals surface area contributed by atoms with Crippen LogP contribution in [-0.2, 0) is 10.0 Å². The number of sulfonamides is 1. The second kappa shape index (κ2) is 5.58. The Morgan fingerprint density at radius 2 is 2.19 bits per heavy atom. The van der Waals surface area contributed by atoms with Crippen LogP contribution in [0.1, 0.15) is 6.92 Å². The molecule has 0 atom stereocenters. The fourth-order valence-corrected chi connectivity index (χ4v) is 2.91. The van der Waals surface area contributed by atoms with Gasteiger partial charge in [-0.2, -0.15) is 4.31 Å². The van der Waals surface area contributed by atoms with Crippen LogP contribution in [-0.4, -0.2) is 42.5 Å². The molecule has 0 spiro atoms. The summed E-state index contributed by atoms with van der Waals surface area (Å²) in [6.45, 7) is 1.83. The maximum absolute atomic E-state index is 12.0. The standard InChI is InChI=1S/C9H13ClN2O3S/c1-2-12(3-4-13)16(14,15)9-5-8(10)6-11-7-9/h5-7,13H,2-4H2,1H3. The summed E-state index contributed by atoms with van der Waals surface area (Å²) in [6, 6.07) is 1.34. The van der Waals surface area contributed by atoms with Crippen molar-refractivity contribution >= 4 is 21.6 Å². The van der Waals surface area contributed by atoms with E-state index in [0.717, 1.165) is 0 Å². The topological polar surface area (TPSA) is 70.5 Å². The van der Waals surface area contributed by atoms with Gasteiger partial charge in [0, 0.05) is 25.5 Å². The zero-order valence-electron chi connectivity index (χ0n) is 8.80. The number of likely N-dealkylation sites (N-methyl/N-ethyl adjacent to an activating group) is 1. The first kappa shape index (κ1) is 13.4. The summed E-state index contributed by atoms with van der Waals surface area (Å²) in [6.07, 6.45) is 2.60. The lowest BCUT2D eigenvalue weighted by Gasteiger charge is -2.18. The molecule has 90 valence electrons. The van der Waals surface area contributed by atoms with E-state index in [-0.39, 0.29) is 29.6 Å². The molecule has 1 N–H and O–H groups in total. The van der Waals surface area contributed by atoms with Gasteiger partial charge in [0.1, 0.15) is 4.90 Å². The molecular weight excluding hydrogens is 252 g/mol. The van der Waals surface area contributed by atoms with Gasteiger partial charge in [0.2, 0.25) is 10.0 Å². The van der Waals surface area contributed by atoms with Crippen LogP contribution >= 0.6 is 11.6 Å². The summed E-state index contributed by atoms with van der Waals surface area (Å²) < 4.78 is 25.2. The molecule has 0 bridgehead atoms. The van der Waals surface area contributed by atoms with Gasteiger partial charge in [-0.05, 0) is 6.07 Å². The van der Waals surface area contributed by atoms with Gasteiger partial charge >= 0.3 is 0 Å². The third kappa shape index (κ3) is 2.91. The highest BCUT2D eigenvalue weighted by atomic mass is 35.5. The van der Waals surface area contributed by atoms with E-state index < -0.39 is 10.0 Å². The van der Waals surface area contributed by atoms with E-state index in [2.05, 4.69) is 4.98 Å². The van der Waals surface area contributed by atoms with Gasteiger partial charge in [-0.3, -0.25) is 4.98 Å². The lowest BCUT2D eigenvalue weighted by atomic mass is 10.5. The zero-order valence-corrected chi connectivity index (χ0v) is 10.4. The molecule has 5 nitrogen and oxygen atoms in total. The maximum Gasteiger partial charge on any atom is 0.244 e. The number of nitrogens with zero attached hydrogens (tertiary/aromatic N) is 2. The SMILES string of the molecule is CCN(CCO)S(=O)(=O)c1cncc(Cl)c1. The van der Waals surface area contributed by atoms with Crippen molar-refractivity contribution in [2.75, 3.05) is 19.7 Å². The number of halogens is 1. The van der Waals surface area contributed by atoms with E-state index in [1.54, 1.807) is 6.92 Å². The molecule has 7 heteroatoms. The Bertz CT molecular complexity index is 450. The predicted molar refractivity (Wildman–Crippen MR) is 60.8 cm³/mol. The van der Waals surface area contributed by atoms with E-state index >= 15 is 0 Å². The highest BCUT2D eigenvalue weighted by Gasteiger charge is 2.22.